The Bertz CT molecular complexity index is 464. The van der Waals surface area contributed by atoms with Gasteiger partial charge in [-0.25, -0.2) is 0 Å². The molecule has 2 aromatic rings. The minimum Gasteiger partial charge on any atom is -0.336 e. The molecule has 1 N–H and O–H groups in total. The molecule has 0 saturated carbocycles. The number of nitrogens with one attached hydrogen (secondary N) is 1. The molecule has 16 heavy (non-hydrogen) atoms. The molecule has 2 rings (SSSR count). The van der Waals surface area contributed by atoms with Gasteiger partial charge in [0, 0.05) is 16.6 Å². The van der Waals surface area contributed by atoms with Crippen LogP contribution in [0.5, 0.6) is 0 Å². The standard InChI is InChI=1S/C11H12ClN3O/c1-7(2)13-11-14-10(15-16-11)8-3-5-9(12)6-4-8/h3-7H,1-2H3,(H,13,14,15). The number of nitrogens with zero attached hydrogens (tertiary/aromatic N) is 2. The fraction of sp³-hybridized carbons (Fsp3) is 0.273. The summed E-state index contributed by atoms with van der Waals surface area (Å²) in [4.78, 5) is 4.22. The fourth-order valence-electron chi connectivity index (χ4n) is 1.25. The summed E-state index contributed by atoms with van der Waals surface area (Å²) in [7, 11) is 0. The zero-order valence-corrected chi connectivity index (χ0v) is 9.82. The monoisotopic (exact) mass is 237 g/mol. The van der Waals surface area contributed by atoms with Crippen molar-refractivity contribution in [1.29, 1.82) is 0 Å². The van der Waals surface area contributed by atoms with Crippen LogP contribution in [0.4, 0.5) is 6.01 Å². The minimum atomic E-state index is 0.263. The quantitative estimate of drug-likeness (QED) is 0.891. The van der Waals surface area contributed by atoms with Gasteiger partial charge in [-0.1, -0.05) is 16.8 Å². The summed E-state index contributed by atoms with van der Waals surface area (Å²) >= 11 is 5.80. The molecule has 0 atom stereocenters. The van der Waals surface area contributed by atoms with Gasteiger partial charge in [-0.3, -0.25) is 0 Å². The zero-order valence-electron chi connectivity index (χ0n) is 9.07. The van der Waals surface area contributed by atoms with Crippen molar-refractivity contribution in [2.45, 2.75) is 19.9 Å². The summed E-state index contributed by atoms with van der Waals surface area (Å²) in [6, 6.07) is 7.99. The molecular weight excluding hydrogens is 226 g/mol. The van der Waals surface area contributed by atoms with Crippen LogP contribution in [0, 0.1) is 0 Å². The van der Waals surface area contributed by atoms with Gasteiger partial charge >= 0.3 is 6.01 Å². The van der Waals surface area contributed by atoms with E-state index < -0.39 is 0 Å². The molecule has 0 aliphatic rings. The number of rotatable bonds is 3. The van der Waals surface area contributed by atoms with Crippen molar-refractivity contribution in [2.75, 3.05) is 5.32 Å². The molecule has 0 saturated heterocycles. The van der Waals surface area contributed by atoms with Crippen LogP contribution in [-0.4, -0.2) is 16.2 Å². The van der Waals surface area contributed by atoms with Crippen molar-refractivity contribution in [2.24, 2.45) is 0 Å². The number of hydrogen-bond acceptors (Lipinski definition) is 4. The lowest BCUT2D eigenvalue weighted by molar-refractivity contribution is 0.429. The van der Waals surface area contributed by atoms with E-state index >= 15 is 0 Å². The van der Waals surface area contributed by atoms with Gasteiger partial charge in [0.15, 0.2) is 0 Å². The Morgan fingerprint density at radius 2 is 1.94 bits per heavy atom. The van der Waals surface area contributed by atoms with Gasteiger partial charge in [0.1, 0.15) is 0 Å². The molecule has 0 unspecified atom stereocenters. The van der Waals surface area contributed by atoms with Crippen LogP contribution in [0.25, 0.3) is 11.4 Å². The van der Waals surface area contributed by atoms with Gasteiger partial charge in [0.2, 0.25) is 5.82 Å². The van der Waals surface area contributed by atoms with E-state index in [-0.39, 0.29) is 6.04 Å². The SMILES string of the molecule is CC(C)Nc1nc(-c2ccc(Cl)cc2)no1. The Balaban J connectivity index is 2.21. The molecule has 0 aliphatic heterocycles. The first kappa shape index (κ1) is 11.0. The van der Waals surface area contributed by atoms with Crippen LogP contribution < -0.4 is 5.32 Å². The topological polar surface area (TPSA) is 51.0 Å². The number of halogens is 1. The molecule has 0 spiro atoms. The molecule has 84 valence electrons. The van der Waals surface area contributed by atoms with E-state index in [1.165, 1.54) is 0 Å². The third-order valence-corrected chi connectivity index (χ3v) is 2.19. The van der Waals surface area contributed by atoms with Crippen LogP contribution in [0.2, 0.25) is 5.02 Å². The Morgan fingerprint density at radius 3 is 2.56 bits per heavy atom. The van der Waals surface area contributed by atoms with Crippen molar-refractivity contribution in [3.8, 4) is 11.4 Å². The molecule has 1 aromatic heterocycles. The maximum atomic E-state index is 5.80. The van der Waals surface area contributed by atoms with Crippen molar-refractivity contribution in [3.05, 3.63) is 29.3 Å². The minimum absolute atomic E-state index is 0.263. The van der Waals surface area contributed by atoms with Crippen molar-refractivity contribution >= 4 is 17.6 Å². The van der Waals surface area contributed by atoms with Crippen molar-refractivity contribution in [1.82, 2.24) is 10.1 Å². The van der Waals surface area contributed by atoms with Gasteiger partial charge in [-0.05, 0) is 38.1 Å². The average Bonchev–Trinajstić information content (AvgIpc) is 2.66. The third-order valence-electron chi connectivity index (χ3n) is 1.94. The molecule has 1 aromatic carbocycles. The van der Waals surface area contributed by atoms with E-state index in [0.717, 1.165) is 5.56 Å². The molecular formula is C11H12ClN3O. The van der Waals surface area contributed by atoms with Crippen LogP contribution >= 0.6 is 11.6 Å². The lowest BCUT2D eigenvalue weighted by Crippen LogP contribution is -2.09. The van der Waals surface area contributed by atoms with E-state index in [1.807, 2.05) is 26.0 Å². The van der Waals surface area contributed by atoms with Gasteiger partial charge in [0.25, 0.3) is 0 Å². The number of benzene rings is 1. The Labute approximate surface area is 98.6 Å². The second-order valence-electron chi connectivity index (χ2n) is 3.73. The van der Waals surface area contributed by atoms with Crippen LogP contribution in [-0.2, 0) is 0 Å². The highest BCUT2D eigenvalue weighted by molar-refractivity contribution is 6.30. The van der Waals surface area contributed by atoms with Crippen molar-refractivity contribution < 1.29 is 4.52 Å². The molecule has 0 bridgehead atoms. The fourth-order valence-corrected chi connectivity index (χ4v) is 1.37. The summed E-state index contributed by atoms with van der Waals surface area (Å²) in [6.07, 6.45) is 0. The highest BCUT2D eigenvalue weighted by Crippen LogP contribution is 2.20. The van der Waals surface area contributed by atoms with E-state index in [9.17, 15) is 0 Å². The summed E-state index contributed by atoms with van der Waals surface area (Å²) in [6.45, 7) is 4.01. The third kappa shape index (κ3) is 2.52. The largest absolute Gasteiger partial charge is 0.336 e. The first-order valence-electron chi connectivity index (χ1n) is 5.01. The van der Waals surface area contributed by atoms with Gasteiger partial charge in [0.05, 0.1) is 0 Å². The van der Waals surface area contributed by atoms with Crippen LogP contribution in [0.1, 0.15) is 13.8 Å². The Kier molecular flexibility index (Phi) is 3.10. The lowest BCUT2D eigenvalue weighted by atomic mass is 10.2. The number of anilines is 1. The number of hydrogen-bond donors (Lipinski definition) is 1. The molecule has 0 fully saturated rings. The van der Waals surface area contributed by atoms with Gasteiger partial charge in [-0.15, -0.1) is 0 Å². The van der Waals surface area contributed by atoms with E-state index in [2.05, 4.69) is 15.5 Å². The normalized spacial score (nSPS) is 10.8. The van der Waals surface area contributed by atoms with Crippen LogP contribution in [0.15, 0.2) is 28.8 Å². The summed E-state index contributed by atoms with van der Waals surface area (Å²) in [5.74, 6) is 0.555. The maximum absolute atomic E-state index is 5.80. The van der Waals surface area contributed by atoms with Crippen LogP contribution in [0.3, 0.4) is 0 Å². The Morgan fingerprint density at radius 1 is 1.25 bits per heavy atom. The molecule has 0 aliphatic carbocycles. The molecule has 4 nitrogen and oxygen atoms in total. The summed E-state index contributed by atoms with van der Waals surface area (Å²) in [5.41, 5.74) is 0.880. The lowest BCUT2D eigenvalue weighted by Gasteiger charge is -2.01. The molecule has 0 amide bonds. The molecule has 5 heteroatoms. The van der Waals surface area contributed by atoms with Gasteiger partial charge < -0.3 is 9.84 Å². The predicted octanol–water partition coefficient (Wildman–Crippen LogP) is 3.21. The van der Waals surface area contributed by atoms with E-state index in [1.54, 1.807) is 12.1 Å². The predicted molar refractivity (Wildman–Crippen MR) is 63.5 cm³/mol. The maximum Gasteiger partial charge on any atom is 0.321 e. The molecule has 1 heterocycles. The highest BCUT2D eigenvalue weighted by Gasteiger charge is 2.08. The molecule has 0 radical (unpaired) electrons. The summed E-state index contributed by atoms with van der Waals surface area (Å²) in [5, 5.41) is 7.61. The Hall–Kier alpha value is -1.55. The zero-order chi connectivity index (χ0) is 11.5. The highest BCUT2D eigenvalue weighted by atomic mass is 35.5. The van der Waals surface area contributed by atoms with E-state index in [0.29, 0.717) is 16.9 Å². The second kappa shape index (κ2) is 4.53. The first-order valence-corrected chi connectivity index (χ1v) is 5.39. The number of aromatic nitrogens is 2. The van der Waals surface area contributed by atoms with E-state index in [4.69, 9.17) is 16.1 Å². The van der Waals surface area contributed by atoms with Crippen molar-refractivity contribution in [3.63, 3.8) is 0 Å². The summed E-state index contributed by atoms with van der Waals surface area (Å²) < 4.78 is 5.05. The smallest absolute Gasteiger partial charge is 0.321 e. The average molecular weight is 238 g/mol. The second-order valence-corrected chi connectivity index (χ2v) is 4.17. The first-order chi connectivity index (χ1) is 7.65. The van der Waals surface area contributed by atoms with Gasteiger partial charge in [-0.2, -0.15) is 4.98 Å².